The molecule has 1 saturated heterocycles. The van der Waals surface area contributed by atoms with E-state index in [1.54, 1.807) is 29.2 Å². The second-order valence-corrected chi connectivity index (χ2v) is 11.0. The molecule has 34 heavy (non-hydrogen) atoms. The zero-order valence-corrected chi connectivity index (χ0v) is 20.4. The van der Waals surface area contributed by atoms with Gasteiger partial charge >= 0.3 is 0 Å². The van der Waals surface area contributed by atoms with Crippen molar-refractivity contribution >= 4 is 27.5 Å². The lowest BCUT2D eigenvalue weighted by atomic mass is 9.96. The van der Waals surface area contributed by atoms with Gasteiger partial charge in [-0.3, -0.25) is 14.3 Å². The summed E-state index contributed by atoms with van der Waals surface area (Å²) in [5.74, 6) is -0.449. The fraction of sp³-hybridized carbons (Fsp3) is 0.462. The topological polar surface area (TPSA) is 95.6 Å². The summed E-state index contributed by atoms with van der Waals surface area (Å²) in [5.41, 5.74) is 1.96. The Hall–Kier alpha value is -2.87. The second-order valence-electron chi connectivity index (χ2n) is 9.31. The molecule has 1 saturated carbocycles. The third kappa shape index (κ3) is 6.17. The third-order valence-corrected chi connectivity index (χ3v) is 7.80. The monoisotopic (exact) mass is 483 g/mol. The highest BCUT2D eigenvalue weighted by atomic mass is 32.2. The number of benzene rings is 2. The van der Waals surface area contributed by atoms with Crippen molar-refractivity contribution in [3.05, 3.63) is 59.7 Å². The highest BCUT2D eigenvalue weighted by molar-refractivity contribution is 7.92. The van der Waals surface area contributed by atoms with Crippen LogP contribution in [0.5, 0.6) is 0 Å². The summed E-state index contributed by atoms with van der Waals surface area (Å²) >= 11 is 0. The van der Waals surface area contributed by atoms with Crippen molar-refractivity contribution < 1.29 is 18.0 Å². The van der Waals surface area contributed by atoms with E-state index in [0.717, 1.165) is 44.9 Å². The van der Waals surface area contributed by atoms with Crippen LogP contribution >= 0.6 is 0 Å². The first-order valence-electron chi connectivity index (χ1n) is 12.2. The molecule has 0 bridgehead atoms. The molecule has 0 radical (unpaired) electrons. The van der Waals surface area contributed by atoms with Gasteiger partial charge in [0.15, 0.2) is 0 Å². The molecule has 4 rings (SSSR count). The summed E-state index contributed by atoms with van der Waals surface area (Å²) in [7, 11) is -3.85. The highest BCUT2D eigenvalue weighted by Gasteiger charge is 2.32. The van der Waals surface area contributed by atoms with Crippen LogP contribution in [0.4, 0.5) is 5.69 Å². The number of anilines is 1. The third-order valence-electron chi connectivity index (χ3n) is 6.42. The van der Waals surface area contributed by atoms with Crippen molar-refractivity contribution in [2.45, 2.75) is 62.8 Å². The molecule has 8 heteroatoms. The highest BCUT2D eigenvalue weighted by Crippen LogP contribution is 2.24. The number of aryl methyl sites for hydroxylation is 1. The summed E-state index contributed by atoms with van der Waals surface area (Å²) in [6.45, 7) is 3.06. The van der Waals surface area contributed by atoms with Gasteiger partial charge < -0.3 is 10.2 Å². The van der Waals surface area contributed by atoms with Crippen LogP contribution in [-0.4, -0.2) is 44.3 Å². The van der Waals surface area contributed by atoms with E-state index in [1.807, 2.05) is 12.1 Å². The van der Waals surface area contributed by atoms with Crippen LogP contribution in [0.25, 0.3) is 0 Å². The fourth-order valence-electron chi connectivity index (χ4n) is 4.24. The summed E-state index contributed by atoms with van der Waals surface area (Å²) in [4.78, 5) is 27.3. The smallest absolute Gasteiger partial charge is 0.261 e. The van der Waals surface area contributed by atoms with E-state index in [4.69, 9.17) is 0 Å². The quantitative estimate of drug-likeness (QED) is 0.564. The molecule has 2 aliphatic rings. The molecule has 2 aromatic rings. The van der Waals surface area contributed by atoms with Crippen LogP contribution in [0.1, 0.15) is 61.4 Å². The molecule has 2 aromatic carbocycles. The Kier molecular flexibility index (Phi) is 7.56. The Morgan fingerprint density at radius 1 is 1.06 bits per heavy atom. The molecule has 182 valence electrons. The number of unbranched alkanes of at least 4 members (excludes halogenated alkanes) is 1. The number of sulfonamides is 1. The number of piperidine rings is 1. The Labute approximate surface area is 202 Å². The Bertz CT molecular complexity index is 1130. The number of amides is 2. The van der Waals surface area contributed by atoms with Gasteiger partial charge in [0.1, 0.15) is 0 Å². The molecular formula is C26H33N3O4S. The van der Waals surface area contributed by atoms with E-state index < -0.39 is 10.0 Å². The predicted octanol–water partition coefficient (Wildman–Crippen LogP) is 3.96. The van der Waals surface area contributed by atoms with Crippen LogP contribution in [0, 0.1) is 5.92 Å². The minimum Gasteiger partial charge on any atom is -0.353 e. The molecule has 1 heterocycles. The maximum atomic E-state index is 13.1. The van der Waals surface area contributed by atoms with Gasteiger partial charge in [0.05, 0.1) is 10.8 Å². The first-order valence-corrected chi connectivity index (χ1v) is 13.7. The van der Waals surface area contributed by atoms with Gasteiger partial charge in [0.2, 0.25) is 5.91 Å². The lowest BCUT2D eigenvalue weighted by molar-refractivity contribution is -0.126. The zero-order valence-electron chi connectivity index (χ0n) is 19.6. The van der Waals surface area contributed by atoms with E-state index in [-0.39, 0.29) is 22.6 Å². The van der Waals surface area contributed by atoms with Crippen molar-refractivity contribution in [3.8, 4) is 0 Å². The molecular weight excluding hydrogens is 450 g/mol. The van der Waals surface area contributed by atoms with Gasteiger partial charge in [-0.1, -0.05) is 31.5 Å². The largest absolute Gasteiger partial charge is 0.353 e. The minimum atomic E-state index is -3.85. The number of likely N-dealkylation sites (tertiary alicyclic amines) is 1. The molecule has 2 amide bonds. The molecule has 2 N–H and O–H groups in total. The van der Waals surface area contributed by atoms with E-state index in [2.05, 4.69) is 17.0 Å². The van der Waals surface area contributed by atoms with Gasteiger partial charge in [-0.2, -0.15) is 0 Å². The maximum Gasteiger partial charge on any atom is 0.261 e. The van der Waals surface area contributed by atoms with Crippen molar-refractivity contribution in [1.29, 1.82) is 0 Å². The van der Waals surface area contributed by atoms with Crippen molar-refractivity contribution in [3.63, 3.8) is 0 Å². The van der Waals surface area contributed by atoms with Gasteiger partial charge in [0, 0.05) is 30.4 Å². The average Bonchev–Trinajstić information content (AvgIpc) is 3.67. The number of hydrogen-bond donors (Lipinski definition) is 2. The summed E-state index contributed by atoms with van der Waals surface area (Å²) in [6.07, 6.45) is 6.73. The van der Waals surface area contributed by atoms with E-state index in [9.17, 15) is 18.0 Å². The average molecular weight is 484 g/mol. The molecule has 2 fully saturated rings. The van der Waals surface area contributed by atoms with Crippen LogP contribution in [-0.2, 0) is 21.2 Å². The van der Waals surface area contributed by atoms with Crippen LogP contribution in [0.15, 0.2) is 53.4 Å². The summed E-state index contributed by atoms with van der Waals surface area (Å²) in [5, 5.41) is 3.02. The molecule has 0 spiro atoms. The second kappa shape index (κ2) is 10.6. The number of carbonyl (C=O) groups excluding carboxylic acids is 2. The van der Waals surface area contributed by atoms with Crippen LogP contribution in [0.3, 0.4) is 0 Å². The van der Waals surface area contributed by atoms with Crippen molar-refractivity contribution in [1.82, 2.24) is 10.2 Å². The molecule has 1 aliphatic heterocycles. The van der Waals surface area contributed by atoms with Gasteiger partial charge in [-0.05, 0) is 74.4 Å². The predicted molar refractivity (Wildman–Crippen MR) is 132 cm³/mol. The Balaban J connectivity index is 1.42. The van der Waals surface area contributed by atoms with Gasteiger partial charge in [-0.25, -0.2) is 8.42 Å². The summed E-state index contributed by atoms with van der Waals surface area (Å²) in [6, 6.07) is 13.8. The number of nitrogens with one attached hydrogen (secondary N) is 2. The number of carbonyl (C=O) groups is 2. The molecule has 1 atom stereocenters. The first-order chi connectivity index (χ1) is 16.4. The molecule has 1 unspecified atom stereocenters. The maximum absolute atomic E-state index is 13.1. The van der Waals surface area contributed by atoms with E-state index >= 15 is 0 Å². The number of hydrogen-bond acceptors (Lipinski definition) is 4. The van der Waals surface area contributed by atoms with Gasteiger partial charge in [-0.15, -0.1) is 0 Å². The lowest BCUT2D eigenvalue weighted by Gasteiger charge is -2.32. The van der Waals surface area contributed by atoms with Crippen molar-refractivity contribution in [2.75, 3.05) is 17.8 Å². The van der Waals surface area contributed by atoms with E-state index in [1.165, 1.54) is 17.7 Å². The van der Waals surface area contributed by atoms with Gasteiger partial charge in [0.25, 0.3) is 15.9 Å². The Morgan fingerprint density at radius 2 is 1.82 bits per heavy atom. The molecule has 7 nitrogen and oxygen atoms in total. The lowest BCUT2D eigenvalue weighted by Crippen LogP contribution is -2.45. The first kappa shape index (κ1) is 24.3. The number of nitrogens with zero attached hydrogens (tertiary/aromatic N) is 1. The number of rotatable bonds is 9. The van der Waals surface area contributed by atoms with Crippen molar-refractivity contribution in [2.24, 2.45) is 5.92 Å². The minimum absolute atomic E-state index is 0.0150. The molecule has 0 aromatic heterocycles. The zero-order chi connectivity index (χ0) is 24.1. The molecule has 1 aliphatic carbocycles. The standard InChI is InChI=1S/C26H33N3O4S/c1-2-3-6-19-10-12-23(13-11-19)28-34(32,33)24-9-4-7-20(17-24)26(31)29-16-5-8-21(18-29)25(30)27-22-14-15-22/h4,7,9-13,17,21-22,28H,2-3,5-6,8,14-16,18H2,1H3,(H,27,30). The SMILES string of the molecule is CCCCc1ccc(NS(=O)(=O)c2cccc(C(=O)N3CCCC(C(=O)NC4CC4)C3)c2)cc1. The van der Waals surface area contributed by atoms with Crippen LogP contribution in [0.2, 0.25) is 0 Å². The Morgan fingerprint density at radius 3 is 2.53 bits per heavy atom. The van der Waals surface area contributed by atoms with E-state index in [0.29, 0.717) is 30.4 Å². The normalized spacial score (nSPS) is 18.4. The summed E-state index contributed by atoms with van der Waals surface area (Å²) < 4.78 is 28.5. The fourth-order valence-corrected chi connectivity index (χ4v) is 5.34. The van der Waals surface area contributed by atoms with Crippen LogP contribution < -0.4 is 10.0 Å².